The molecule has 0 unspecified atom stereocenters. The van der Waals surface area contributed by atoms with E-state index in [9.17, 15) is 4.79 Å². The Bertz CT molecular complexity index is 984. The molecule has 6 nitrogen and oxygen atoms in total. The zero-order valence-corrected chi connectivity index (χ0v) is 12.6. The van der Waals surface area contributed by atoms with Gasteiger partial charge in [0.2, 0.25) is 6.79 Å². The minimum Gasteiger partial charge on any atom is -0.454 e. The molecule has 0 spiro atoms. The van der Waals surface area contributed by atoms with Crippen molar-refractivity contribution in [2.75, 3.05) is 12.1 Å². The second-order valence-electron chi connectivity index (χ2n) is 4.95. The van der Waals surface area contributed by atoms with Gasteiger partial charge in [0.15, 0.2) is 17.3 Å². The van der Waals surface area contributed by atoms with Gasteiger partial charge >= 0.3 is 0 Å². The largest absolute Gasteiger partial charge is 0.454 e. The van der Waals surface area contributed by atoms with Crippen molar-refractivity contribution in [2.24, 2.45) is 0 Å². The molecule has 4 rings (SSSR count). The van der Waals surface area contributed by atoms with Crippen LogP contribution in [0.2, 0.25) is 0 Å². The average molecular weight is 325 g/mol. The van der Waals surface area contributed by atoms with Crippen LogP contribution in [0.3, 0.4) is 0 Å². The first-order valence-corrected chi connectivity index (χ1v) is 7.31. The van der Waals surface area contributed by atoms with E-state index in [1.54, 1.807) is 30.3 Å². The molecule has 0 atom stereocenters. The van der Waals surface area contributed by atoms with Crippen molar-refractivity contribution in [3.63, 3.8) is 0 Å². The number of aromatic nitrogens is 2. The highest BCUT2D eigenvalue weighted by Crippen LogP contribution is 2.34. The zero-order chi connectivity index (χ0) is 15.8. The normalized spacial score (nSPS) is 12.3. The number of thiocarbonyl (C=S) groups is 1. The molecule has 0 amide bonds. The monoisotopic (exact) mass is 325 g/mol. The van der Waals surface area contributed by atoms with Crippen molar-refractivity contribution in [1.29, 1.82) is 0 Å². The number of rotatable bonds is 2. The molecule has 0 radical (unpaired) electrons. The Balaban J connectivity index is 1.65. The van der Waals surface area contributed by atoms with Crippen LogP contribution in [0.5, 0.6) is 11.5 Å². The Morgan fingerprint density at radius 1 is 1.17 bits per heavy atom. The SMILES string of the molecule is O=c1[nH]c(C(=S)Nc2ccc3c(c2)OCO3)nc2ccccc12. The molecular weight excluding hydrogens is 314 g/mol. The molecular formula is C16H11N3O3S. The fourth-order valence-corrected chi connectivity index (χ4v) is 2.57. The number of hydrogen-bond donors (Lipinski definition) is 2. The lowest BCUT2D eigenvalue weighted by molar-refractivity contribution is 0.174. The summed E-state index contributed by atoms with van der Waals surface area (Å²) in [6.45, 7) is 0.211. The van der Waals surface area contributed by atoms with Gasteiger partial charge in [-0.05, 0) is 24.3 Å². The molecule has 0 saturated heterocycles. The van der Waals surface area contributed by atoms with Crippen LogP contribution in [0.1, 0.15) is 5.82 Å². The van der Waals surface area contributed by atoms with E-state index in [0.29, 0.717) is 33.2 Å². The standard InChI is InChI=1S/C16H11N3O3S/c20-15-10-3-1-2-4-11(10)18-14(19-15)16(23)17-9-5-6-12-13(7-9)22-8-21-12/h1-7H,8H2,(H,17,23)(H,18,19,20). The van der Waals surface area contributed by atoms with Crippen LogP contribution in [0, 0.1) is 0 Å². The van der Waals surface area contributed by atoms with Gasteiger partial charge < -0.3 is 19.8 Å². The highest BCUT2D eigenvalue weighted by Gasteiger charge is 2.14. The van der Waals surface area contributed by atoms with Gasteiger partial charge in [0.1, 0.15) is 4.99 Å². The molecule has 1 aliphatic rings. The number of para-hydroxylation sites is 1. The van der Waals surface area contributed by atoms with E-state index in [-0.39, 0.29) is 12.4 Å². The quantitative estimate of drug-likeness (QED) is 0.705. The van der Waals surface area contributed by atoms with Crippen LogP contribution in [-0.2, 0) is 0 Å². The molecule has 0 fully saturated rings. The van der Waals surface area contributed by atoms with E-state index < -0.39 is 0 Å². The fourth-order valence-electron chi connectivity index (χ4n) is 2.36. The maximum absolute atomic E-state index is 12.1. The summed E-state index contributed by atoms with van der Waals surface area (Å²) in [7, 11) is 0. The Morgan fingerprint density at radius 3 is 2.91 bits per heavy atom. The summed E-state index contributed by atoms with van der Waals surface area (Å²) < 4.78 is 10.6. The van der Waals surface area contributed by atoms with Crippen LogP contribution in [0.15, 0.2) is 47.3 Å². The van der Waals surface area contributed by atoms with Crippen molar-refractivity contribution in [2.45, 2.75) is 0 Å². The first kappa shape index (κ1) is 13.7. The molecule has 2 aromatic carbocycles. The van der Waals surface area contributed by atoms with E-state index in [1.807, 2.05) is 12.1 Å². The second-order valence-corrected chi connectivity index (χ2v) is 5.36. The fraction of sp³-hybridized carbons (Fsp3) is 0.0625. The lowest BCUT2D eigenvalue weighted by Crippen LogP contribution is -2.20. The van der Waals surface area contributed by atoms with Crippen molar-refractivity contribution in [1.82, 2.24) is 9.97 Å². The van der Waals surface area contributed by atoms with Gasteiger partial charge in [-0.25, -0.2) is 4.98 Å². The molecule has 0 aliphatic carbocycles. The molecule has 0 bridgehead atoms. The lowest BCUT2D eigenvalue weighted by atomic mass is 10.2. The third kappa shape index (κ3) is 2.51. The summed E-state index contributed by atoms with van der Waals surface area (Å²) in [5, 5.41) is 3.57. The third-order valence-electron chi connectivity index (χ3n) is 3.46. The van der Waals surface area contributed by atoms with Crippen molar-refractivity contribution in [3.05, 3.63) is 58.6 Å². The van der Waals surface area contributed by atoms with Gasteiger partial charge in [-0.2, -0.15) is 0 Å². The Labute approximate surface area is 136 Å². The highest BCUT2D eigenvalue weighted by molar-refractivity contribution is 7.81. The van der Waals surface area contributed by atoms with Crippen LogP contribution in [-0.4, -0.2) is 21.7 Å². The summed E-state index contributed by atoms with van der Waals surface area (Å²) in [6.07, 6.45) is 0. The van der Waals surface area contributed by atoms with E-state index in [1.165, 1.54) is 0 Å². The molecule has 7 heteroatoms. The third-order valence-corrected chi connectivity index (χ3v) is 3.75. The zero-order valence-electron chi connectivity index (χ0n) is 11.8. The summed E-state index contributed by atoms with van der Waals surface area (Å²) >= 11 is 5.34. The van der Waals surface area contributed by atoms with E-state index in [2.05, 4.69) is 15.3 Å². The molecule has 23 heavy (non-hydrogen) atoms. The number of ether oxygens (including phenoxy) is 2. The van der Waals surface area contributed by atoms with E-state index >= 15 is 0 Å². The Morgan fingerprint density at radius 2 is 2.00 bits per heavy atom. The first-order chi connectivity index (χ1) is 11.2. The van der Waals surface area contributed by atoms with Crippen LogP contribution >= 0.6 is 12.2 Å². The molecule has 1 aromatic heterocycles. The van der Waals surface area contributed by atoms with Crippen molar-refractivity contribution >= 4 is 33.8 Å². The summed E-state index contributed by atoms with van der Waals surface area (Å²) in [6, 6.07) is 12.5. The van der Waals surface area contributed by atoms with Crippen LogP contribution in [0.25, 0.3) is 10.9 Å². The number of H-pyrrole nitrogens is 1. The topological polar surface area (TPSA) is 76.2 Å². The lowest BCUT2D eigenvalue weighted by Gasteiger charge is -2.08. The summed E-state index contributed by atoms with van der Waals surface area (Å²) in [5.74, 6) is 1.66. The van der Waals surface area contributed by atoms with Gasteiger partial charge in [0.25, 0.3) is 5.56 Å². The molecule has 2 heterocycles. The minimum absolute atomic E-state index is 0.211. The molecule has 0 saturated carbocycles. The smallest absolute Gasteiger partial charge is 0.259 e. The number of nitrogens with one attached hydrogen (secondary N) is 2. The van der Waals surface area contributed by atoms with Gasteiger partial charge in [-0.1, -0.05) is 24.4 Å². The van der Waals surface area contributed by atoms with E-state index in [0.717, 1.165) is 5.69 Å². The van der Waals surface area contributed by atoms with Gasteiger partial charge in [-0.3, -0.25) is 4.79 Å². The second kappa shape index (κ2) is 5.36. The van der Waals surface area contributed by atoms with Crippen LogP contribution in [0.4, 0.5) is 5.69 Å². The maximum Gasteiger partial charge on any atom is 0.259 e. The number of benzene rings is 2. The highest BCUT2D eigenvalue weighted by atomic mass is 32.1. The number of nitrogens with zero attached hydrogens (tertiary/aromatic N) is 1. The predicted molar refractivity (Wildman–Crippen MR) is 90.3 cm³/mol. The first-order valence-electron chi connectivity index (χ1n) is 6.91. The molecule has 1 aliphatic heterocycles. The Kier molecular flexibility index (Phi) is 3.20. The van der Waals surface area contributed by atoms with Gasteiger partial charge in [-0.15, -0.1) is 0 Å². The van der Waals surface area contributed by atoms with Gasteiger partial charge in [0.05, 0.1) is 10.9 Å². The van der Waals surface area contributed by atoms with Crippen molar-refractivity contribution < 1.29 is 9.47 Å². The predicted octanol–water partition coefficient (Wildman–Crippen LogP) is 2.44. The van der Waals surface area contributed by atoms with Gasteiger partial charge in [0, 0.05) is 11.8 Å². The number of hydrogen-bond acceptors (Lipinski definition) is 5. The number of anilines is 1. The van der Waals surface area contributed by atoms with Crippen molar-refractivity contribution in [3.8, 4) is 11.5 Å². The molecule has 3 aromatic rings. The number of aromatic amines is 1. The van der Waals surface area contributed by atoms with Crippen LogP contribution < -0.4 is 20.3 Å². The molecule has 114 valence electrons. The summed E-state index contributed by atoms with van der Waals surface area (Å²) in [4.78, 5) is 19.5. The maximum atomic E-state index is 12.1. The van der Waals surface area contributed by atoms with E-state index in [4.69, 9.17) is 21.7 Å². The number of fused-ring (bicyclic) bond motifs is 2. The average Bonchev–Trinajstić information content (AvgIpc) is 3.02. The minimum atomic E-state index is -0.222. The summed E-state index contributed by atoms with van der Waals surface area (Å²) in [5.41, 5.74) is 1.11. The Hall–Kier alpha value is -2.93. The molecule has 2 N–H and O–H groups in total.